The number of ether oxygens (including phenoxy) is 1. The predicted molar refractivity (Wildman–Crippen MR) is 107 cm³/mol. The summed E-state index contributed by atoms with van der Waals surface area (Å²) in [4.78, 5) is 52.0. The van der Waals surface area contributed by atoms with Crippen LogP contribution in [0.2, 0.25) is 10.0 Å². The number of ketones is 1. The van der Waals surface area contributed by atoms with Crippen LogP contribution in [0.3, 0.4) is 0 Å². The van der Waals surface area contributed by atoms with Crippen molar-refractivity contribution < 1.29 is 34.1 Å². The van der Waals surface area contributed by atoms with Crippen molar-refractivity contribution in [1.29, 1.82) is 0 Å². The van der Waals surface area contributed by atoms with Gasteiger partial charge in [0.1, 0.15) is 0 Å². The molecule has 30 heavy (non-hydrogen) atoms. The number of H-pyrrole nitrogens is 1. The number of carboxylic acids is 2. The number of carbonyl (C=O) groups excluding carboxylic acids is 2. The van der Waals surface area contributed by atoms with Crippen molar-refractivity contribution in [3.8, 4) is 0 Å². The Hall–Kier alpha value is -3.36. The lowest BCUT2D eigenvalue weighted by molar-refractivity contribution is -0.191. The molecular formula is C20H13Cl2NO7. The molecule has 0 spiro atoms. The van der Waals surface area contributed by atoms with Gasteiger partial charge < -0.3 is 19.9 Å². The van der Waals surface area contributed by atoms with Gasteiger partial charge in [-0.1, -0.05) is 53.5 Å². The molecule has 3 rings (SSSR count). The normalized spacial score (nSPS) is 11.3. The van der Waals surface area contributed by atoms with Crippen molar-refractivity contribution in [2.24, 2.45) is 0 Å². The third-order valence-corrected chi connectivity index (χ3v) is 5.17. The van der Waals surface area contributed by atoms with Crippen molar-refractivity contribution >= 4 is 57.8 Å². The molecular weight excluding hydrogens is 437 g/mol. The lowest BCUT2D eigenvalue weighted by Crippen LogP contribution is -2.48. The number of benzene rings is 2. The number of aromatic amines is 1. The van der Waals surface area contributed by atoms with Crippen LogP contribution >= 0.6 is 23.2 Å². The van der Waals surface area contributed by atoms with E-state index < -0.39 is 40.5 Å². The van der Waals surface area contributed by atoms with Gasteiger partial charge in [-0.15, -0.1) is 0 Å². The molecule has 0 atom stereocenters. The van der Waals surface area contributed by atoms with Crippen LogP contribution in [-0.2, 0) is 24.7 Å². The summed E-state index contributed by atoms with van der Waals surface area (Å²) in [7, 11) is 0. The average Bonchev–Trinajstić information content (AvgIpc) is 3.08. The van der Waals surface area contributed by atoms with Gasteiger partial charge in [-0.3, -0.25) is 9.59 Å². The van der Waals surface area contributed by atoms with Crippen LogP contribution in [0.1, 0.15) is 28.5 Å². The maximum atomic E-state index is 13.2. The minimum absolute atomic E-state index is 0.0179. The van der Waals surface area contributed by atoms with Crippen molar-refractivity contribution in [3.63, 3.8) is 0 Å². The molecule has 1 aromatic heterocycles. The number of aromatic nitrogens is 1. The van der Waals surface area contributed by atoms with Crippen molar-refractivity contribution in [2.75, 3.05) is 0 Å². The smallest absolute Gasteiger partial charge is 0.365 e. The van der Waals surface area contributed by atoms with Crippen LogP contribution in [0.25, 0.3) is 10.9 Å². The molecule has 0 saturated heterocycles. The van der Waals surface area contributed by atoms with Gasteiger partial charge in [0.15, 0.2) is 0 Å². The second kappa shape index (κ2) is 7.81. The van der Waals surface area contributed by atoms with Gasteiger partial charge in [0.25, 0.3) is 0 Å². The lowest BCUT2D eigenvalue weighted by atomic mass is 9.88. The molecule has 3 aromatic rings. The minimum Gasteiger partial charge on any atom is -0.478 e. The van der Waals surface area contributed by atoms with Gasteiger partial charge in [-0.05, 0) is 12.1 Å². The molecule has 0 radical (unpaired) electrons. The van der Waals surface area contributed by atoms with E-state index in [0.717, 1.165) is 6.92 Å². The highest BCUT2D eigenvalue weighted by Gasteiger charge is 2.56. The third kappa shape index (κ3) is 3.30. The molecule has 0 aliphatic heterocycles. The summed E-state index contributed by atoms with van der Waals surface area (Å²) in [6, 6.07) is 10.5. The lowest BCUT2D eigenvalue weighted by Gasteiger charge is -2.25. The van der Waals surface area contributed by atoms with E-state index in [1.165, 1.54) is 24.3 Å². The van der Waals surface area contributed by atoms with Crippen LogP contribution in [0, 0.1) is 0 Å². The summed E-state index contributed by atoms with van der Waals surface area (Å²) in [6.45, 7) is 0.850. The van der Waals surface area contributed by atoms with E-state index in [1.54, 1.807) is 18.2 Å². The number of carbonyl (C=O) groups is 4. The number of esters is 1. The number of hydrogen-bond acceptors (Lipinski definition) is 5. The van der Waals surface area contributed by atoms with E-state index in [4.69, 9.17) is 27.9 Å². The number of halogens is 2. The first-order chi connectivity index (χ1) is 14.1. The van der Waals surface area contributed by atoms with Crippen LogP contribution in [0.15, 0.2) is 42.5 Å². The Morgan fingerprint density at radius 1 is 0.967 bits per heavy atom. The third-order valence-electron chi connectivity index (χ3n) is 4.37. The van der Waals surface area contributed by atoms with E-state index in [1.807, 2.05) is 0 Å². The van der Waals surface area contributed by atoms with E-state index in [2.05, 4.69) is 4.98 Å². The zero-order chi connectivity index (χ0) is 22.2. The molecule has 10 heteroatoms. The summed E-state index contributed by atoms with van der Waals surface area (Å²) in [5, 5.41) is 19.3. The Bertz CT molecular complexity index is 1190. The molecule has 154 valence electrons. The monoisotopic (exact) mass is 449 g/mol. The molecule has 0 amide bonds. The van der Waals surface area contributed by atoms with Crippen molar-refractivity contribution in [3.05, 3.63) is 69.3 Å². The fourth-order valence-corrected chi connectivity index (χ4v) is 3.55. The van der Waals surface area contributed by atoms with Crippen LogP contribution in [-0.4, -0.2) is 38.9 Å². The first-order valence-electron chi connectivity index (χ1n) is 8.37. The van der Waals surface area contributed by atoms with E-state index in [-0.39, 0.29) is 26.5 Å². The molecule has 0 aliphatic carbocycles. The molecule has 0 fully saturated rings. The molecule has 8 nitrogen and oxygen atoms in total. The first kappa shape index (κ1) is 21.4. The SMILES string of the molecule is CC(=O)OC(C(=O)O)(C(=O)O)c1c(C(=O)c2ccccc2)[nH]c2ccc(Cl)c(Cl)c12. The Morgan fingerprint density at radius 2 is 1.57 bits per heavy atom. The largest absolute Gasteiger partial charge is 0.478 e. The maximum Gasteiger partial charge on any atom is 0.365 e. The number of fused-ring (bicyclic) bond motifs is 1. The zero-order valence-corrected chi connectivity index (χ0v) is 16.7. The van der Waals surface area contributed by atoms with Gasteiger partial charge in [-0.2, -0.15) is 0 Å². The number of rotatable bonds is 6. The van der Waals surface area contributed by atoms with Crippen LogP contribution in [0.5, 0.6) is 0 Å². The summed E-state index contributed by atoms with van der Waals surface area (Å²) in [5.74, 6) is -5.97. The van der Waals surface area contributed by atoms with Gasteiger partial charge in [0, 0.05) is 23.4 Å². The van der Waals surface area contributed by atoms with E-state index in [9.17, 15) is 29.4 Å². The van der Waals surface area contributed by atoms with Gasteiger partial charge >= 0.3 is 23.5 Å². The summed E-state index contributed by atoms with van der Waals surface area (Å²) >= 11 is 12.3. The highest BCUT2D eigenvalue weighted by Crippen LogP contribution is 2.42. The Morgan fingerprint density at radius 3 is 2.10 bits per heavy atom. The number of aliphatic carboxylic acids is 2. The van der Waals surface area contributed by atoms with Crippen molar-refractivity contribution in [2.45, 2.75) is 12.5 Å². The van der Waals surface area contributed by atoms with E-state index >= 15 is 0 Å². The Balaban J connectivity index is 2.50. The molecule has 2 aromatic carbocycles. The molecule has 1 heterocycles. The quantitative estimate of drug-likeness (QED) is 0.297. The number of carboxylic acid groups (broad SMARTS) is 2. The van der Waals surface area contributed by atoms with Crippen LogP contribution in [0.4, 0.5) is 0 Å². The zero-order valence-electron chi connectivity index (χ0n) is 15.2. The predicted octanol–water partition coefficient (Wildman–Crippen LogP) is 3.63. The average molecular weight is 450 g/mol. The maximum absolute atomic E-state index is 13.2. The summed E-state index contributed by atoms with van der Waals surface area (Å²) in [6.07, 6.45) is 0. The summed E-state index contributed by atoms with van der Waals surface area (Å²) in [5.41, 5.74) is -4.02. The Labute approximate surface area is 179 Å². The molecule has 0 saturated carbocycles. The Kier molecular flexibility index (Phi) is 5.56. The van der Waals surface area contributed by atoms with Gasteiger partial charge in [0.05, 0.1) is 21.3 Å². The highest BCUT2D eigenvalue weighted by atomic mass is 35.5. The van der Waals surface area contributed by atoms with Gasteiger partial charge in [0.2, 0.25) is 5.78 Å². The number of hydrogen-bond donors (Lipinski definition) is 3. The molecule has 3 N–H and O–H groups in total. The van der Waals surface area contributed by atoms with E-state index in [0.29, 0.717) is 0 Å². The minimum atomic E-state index is -3.25. The topological polar surface area (TPSA) is 134 Å². The fraction of sp³-hybridized carbons (Fsp3) is 0.100. The number of nitrogens with one attached hydrogen (secondary N) is 1. The highest BCUT2D eigenvalue weighted by molar-refractivity contribution is 6.45. The van der Waals surface area contributed by atoms with Crippen LogP contribution < -0.4 is 0 Å². The van der Waals surface area contributed by atoms with Crippen molar-refractivity contribution in [1.82, 2.24) is 4.98 Å². The standard InChI is InChI=1S/C20H13Cl2NO7/c1-9(24)30-20(18(26)27,19(28)29)14-13-12(8-7-11(21)15(13)22)23-16(14)17(25)10-5-3-2-4-6-10/h2-8,23H,1H3,(H,26,27)(H,28,29). The molecule has 0 unspecified atom stereocenters. The summed E-state index contributed by atoms with van der Waals surface area (Å²) < 4.78 is 4.82. The molecule has 0 bridgehead atoms. The first-order valence-corrected chi connectivity index (χ1v) is 9.13. The molecule has 0 aliphatic rings. The second-order valence-corrected chi connectivity index (χ2v) is 7.02. The fourth-order valence-electron chi connectivity index (χ4n) is 3.14. The second-order valence-electron chi connectivity index (χ2n) is 6.24. The van der Waals surface area contributed by atoms with Gasteiger partial charge in [-0.25, -0.2) is 9.59 Å².